The summed E-state index contributed by atoms with van der Waals surface area (Å²) in [5.41, 5.74) is -0.495. The van der Waals surface area contributed by atoms with Crippen molar-refractivity contribution in [2.45, 2.75) is 65.0 Å². The highest BCUT2D eigenvalue weighted by Crippen LogP contribution is 2.31. The zero-order chi connectivity index (χ0) is 14.6. The van der Waals surface area contributed by atoms with E-state index in [0.717, 1.165) is 12.8 Å². The van der Waals surface area contributed by atoms with Crippen LogP contribution in [0.2, 0.25) is 0 Å². The van der Waals surface area contributed by atoms with Gasteiger partial charge in [-0.25, -0.2) is 4.79 Å². The van der Waals surface area contributed by atoms with Crippen LogP contribution in [0.4, 0.5) is 4.79 Å². The standard InChI is InChI=1S/C14H25NO4/c1-9(15-13(18)19-14(2,3)4)10-5-7-11(8-6-10)12(16)17/h9-11H,5-8H2,1-4H3,(H,15,18)(H,16,17)/t9-,10?,11?/m0/s1. The number of carbonyl (C=O) groups excluding carboxylic acids is 1. The number of carbonyl (C=O) groups is 2. The predicted octanol–water partition coefficient (Wildman–Crippen LogP) is 2.79. The fourth-order valence-electron chi connectivity index (χ4n) is 2.48. The molecular formula is C14H25NO4. The number of rotatable bonds is 3. The molecule has 0 heterocycles. The molecule has 2 N–H and O–H groups in total. The van der Waals surface area contributed by atoms with Crippen LogP contribution in [0.1, 0.15) is 53.4 Å². The number of carboxylic acids is 1. The molecule has 0 unspecified atom stereocenters. The van der Waals surface area contributed by atoms with Gasteiger partial charge in [0.25, 0.3) is 0 Å². The maximum absolute atomic E-state index is 11.7. The van der Waals surface area contributed by atoms with Gasteiger partial charge in [-0.3, -0.25) is 4.79 Å². The summed E-state index contributed by atoms with van der Waals surface area (Å²) < 4.78 is 5.21. The lowest BCUT2D eigenvalue weighted by Crippen LogP contribution is -2.42. The molecule has 1 aliphatic carbocycles. The van der Waals surface area contributed by atoms with Gasteiger partial charge in [0.1, 0.15) is 5.60 Å². The van der Waals surface area contributed by atoms with Crippen molar-refractivity contribution in [3.63, 3.8) is 0 Å². The lowest BCUT2D eigenvalue weighted by molar-refractivity contribution is -0.143. The Labute approximate surface area is 114 Å². The molecule has 110 valence electrons. The van der Waals surface area contributed by atoms with Crippen molar-refractivity contribution in [3.8, 4) is 0 Å². The van der Waals surface area contributed by atoms with E-state index in [9.17, 15) is 9.59 Å². The Morgan fingerprint density at radius 1 is 1.21 bits per heavy atom. The van der Waals surface area contributed by atoms with Crippen LogP contribution in [0.3, 0.4) is 0 Å². The topological polar surface area (TPSA) is 75.6 Å². The van der Waals surface area contributed by atoms with Gasteiger partial charge >= 0.3 is 12.1 Å². The van der Waals surface area contributed by atoms with Crippen LogP contribution in [-0.2, 0) is 9.53 Å². The molecule has 5 nitrogen and oxygen atoms in total. The lowest BCUT2D eigenvalue weighted by atomic mass is 9.79. The van der Waals surface area contributed by atoms with Gasteiger partial charge in [0, 0.05) is 6.04 Å². The molecule has 19 heavy (non-hydrogen) atoms. The van der Waals surface area contributed by atoms with E-state index in [0.29, 0.717) is 18.8 Å². The zero-order valence-corrected chi connectivity index (χ0v) is 12.2. The molecule has 1 rings (SSSR count). The fraction of sp³-hybridized carbons (Fsp3) is 0.857. The largest absolute Gasteiger partial charge is 0.481 e. The molecule has 1 aliphatic rings. The smallest absolute Gasteiger partial charge is 0.407 e. The minimum absolute atomic E-state index is 0.0181. The number of aliphatic carboxylic acids is 1. The van der Waals surface area contributed by atoms with Gasteiger partial charge in [0.05, 0.1) is 5.92 Å². The van der Waals surface area contributed by atoms with Gasteiger partial charge in [-0.05, 0) is 59.3 Å². The third kappa shape index (κ3) is 5.49. The fourth-order valence-corrected chi connectivity index (χ4v) is 2.48. The van der Waals surface area contributed by atoms with E-state index in [1.165, 1.54) is 0 Å². The summed E-state index contributed by atoms with van der Waals surface area (Å²) in [6.07, 6.45) is 2.67. The molecule has 0 aromatic rings. The van der Waals surface area contributed by atoms with E-state index in [-0.39, 0.29) is 12.0 Å². The first-order valence-electron chi connectivity index (χ1n) is 6.91. The van der Waals surface area contributed by atoms with Crippen LogP contribution in [0.5, 0.6) is 0 Å². The molecule has 0 bridgehead atoms. The number of ether oxygens (including phenoxy) is 1. The average molecular weight is 271 g/mol. The monoisotopic (exact) mass is 271 g/mol. The lowest BCUT2D eigenvalue weighted by Gasteiger charge is -2.31. The molecule has 1 fully saturated rings. The summed E-state index contributed by atoms with van der Waals surface area (Å²) in [5.74, 6) is -0.584. The number of carboxylic acid groups (broad SMARTS) is 1. The first kappa shape index (κ1) is 15.8. The molecule has 0 aliphatic heterocycles. The van der Waals surface area contributed by atoms with Crippen molar-refractivity contribution in [1.82, 2.24) is 5.32 Å². The van der Waals surface area contributed by atoms with Crippen LogP contribution in [-0.4, -0.2) is 28.8 Å². The molecule has 0 radical (unpaired) electrons. The summed E-state index contributed by atoms with van der Waals surface area (Å²) in [6, 6.07) is 0.0181. The molecular weight excluding hydrogens is 246 g/mol. The third-order valence-corrected chi connectivity index (χ3v) is 3.57. The van der Waals surface area contributed by atoms with E-state index >= 15 is 0 Å². The summed E-state index contributed by atoms with van der Waals surface area (Å²) in [4.78, 5) is 22.5. The van der Waals surface area contributed by atoms with Crippen LogP contribution in [0.25, 0.3) is 0 Å². The van der Waals surface area contributed by atoms with Crippen LogP contribution >= 0.6 is 0 Å². The van der Waals surface area contributed by atoms with E-state index in [2.05, 4.69) is 5.32 Å². The van der Waals surface area contributed by atoms with Crippen LogP contribution in [0.15, 0.2) is 0 Å². The van der Waals surface area contributed by atoms with Gasteiger partial charge in [0.2, 0.25) is 0 Å². The first-order valence-corrected chi connectivity index (χ1v) is 6.91. The highest BCUT2D eigenvalue weighted by Gasteiger charge is 2.30. The second-order valence-corrected chi connectivity index (χ2v) is 6.38. The minimum Gasteiger partial charge on any atom is -0.481 e. The number of alkyl carbamates (subject to hydrolysis) is 1. The Kier molecular flexibility index (Phi) is 5.20. The normalized spacial score (nSPS) is 25.5. The summed E-state index contributed by atoms with van der Waals surface area (Å²) in [7, 11) is 0. The van der Waals surface area contributed by atoms with Gasteiger partial charge in [-0.15, -0.1) is 0 Å². The second kappa shape index (κ2) is 6.26. The quantitative estimate of drug-likeness (QED) is 0.827. The Hall–Kier alpha value is -1.26. The predicted molar refractivity (Wildman–Crippen MR) is 71.9 cm³/mol. The van der Waals surface area contributed by atoms with E-state index < -0.39 is 17.7 Å². The molecule has 0 aromatic heterocycles. The molecule has 1 saturated carbocycles. The summed E-state index contributed by atoms with van der Waals surface area (Å²) >= 11 is 0. The number of hydrogen-bond donors (Lipinski definition) is 2. The van der Waals surface area contributed by atoms with Crippen molar-refractivity contribution in [2.24, 2.45) is 11.8 Å². The summed E-state index contributed by atoms with van der Waals surface area (Å²) in [5, 5.41) is 11.8. The molecule has 5 heteroatoms. The Bertz CT molecular complexity index is 327. The number of amides is 1. The summed E-state index contributed by atoms with van der Waals surface area (Å²) in [6.45, 7) is 7.44. The maximum Gasteiger partial charge on any atom is 0.407 e. The first-order chi connectivity index (χ1) is 8.69. The molecule has 1 atom stereocenters. The van der Waals surface area contributed by atoms with Crippen molar-refractivity contribution in [2.75, 3.05) is 0 Å². The van der Waals surface area contributed by atoms with Crippen molar-refractivity contribution in [3.05, 3.63) is 0 Å². The van der Waals surface area contributed by atoms with E-state index in [4.69, 9.17) is 9.84 Å². The second-order valence-electron chi connectivity index (χ2n) is 6.38. The van der Waals surface area contributed by atoms with Crippen molar-refractivity contribution in [1.29, 1.82) is 0 Å². The van der Waals surface area contributed by atoms with Gasteiger partial charge in [-0.1, -0.05) is 0 Å². The van der Waals surface area contributed by atoms with Crippen LogP contribution in [0, 0.1) is 11.8 Å². The minimum atomic E-state index is -0.703. The Balaban J connectivity index is 2.37. The van der Waals surface area contributed by atoms with Crippen molar-refractivity contribution < 1.29 is 19.4 Å². The number of nitrogens with one attached hydrogen (secondary N) is 1. The van der Waals surface area contributed by atoms with Gasteiger partial charge in [0.15, 0.2) is 0 Å². The molecule has 1 amide bonds. The Morgan fingerprint density at radius 2 is 1.74 bits per heavy atom. The third-order valence-electron chi connectivity index (χ3n) is 3.57. The highest BCUT2D eigenvalue weighted by molar-refractivity contribution is 5.70. The number of hydrogen-bond acceptors (Lipinski definition) is 3. The SMILES string of the molecule is C[C@H](NC(=O)OC(C)(C)C)C1CCC(C(=O)O)CC1. The molecule has 0 spiro atoms. The maximum atomic E-state index is 11.7. The van der Waals surface area contributed by atoms with Crippen LogP contribution < -0.4 is 5.32 Å². The van der Waals surface area contributed by atoms with E-state index in [1.54, 1.807) is 0 Å². The molecule has 0 aromatic carbocycles. The highest BCUT2D eigenvalue weighted by atomic mass is 16.6. The zero-order valence-electron chi connectivity index (χ0n) is 12.2. The van der Waals surface area contributed by atoms with Crippen molar-refractivity contribution >= 4 is 12.1 Å². The Morgan fingerprint density at radius 3 is 2.16 bits per heavy atom. The van der Waals surface area contributed by atoms with Gasteiger partial charge < -0.3 is 15.2 Å². The molecule has 0 saturated heterocycles. The average Bonchev–Trinajstić information content (AvgIpc) is 2.26. The van der Waals surface area contributed by atoms with E-state index in [1.807, 2.05) is 27.7 Å². The van der Waals surface area contributed by atoms with Gasteiger partial charge in [-0.2, -0.15) is 0 Å².